The number of rotatable bonds is 4. The Morgan fingerprint density at radius 3 is 2.69 bits per heavy atom. The van der Waals surface area contributed by atoms with Crippen LogP contribution in [-0.4, -0.2) is 19.1 Å². The van der Waals surface area contributed by atoms with Crippen molar-refractivity contribution in [2.45, 2.75) is 38.6 Å². The van der Waals surface area contributed by atoms with Gasteiger partial charge >= 0.3 is 0 Å². The van der Waals surface area contributed by atoms with Crippen LogP contribution < -0.4 is 10.6 Å². The molecule has 1 aliphatic carbocycles. The van der Waals surface area contributed by atoms with E-state index in [9.17, 15) is 0 Å². The minimum atomic E-state index is 0.0988. The van der Waals surface area contributed by atoms with Gasteiger partial charge in [0.25, 0.3) is 0 Å². The summed E-state index contributed by atoms with van der Waals surface area (Å²) in [6, 6.07) is 6.81. The van der Waals surface area contributed by atoms with E-state index >= 15 is 0 Å². The second-order valence-corrected chi connectivity index (χ2v) is 5.38. The van der Waals surface area contributed by atoms with Crippen molar-refractivity contribution in [3.63, 3.8) is 0 Å². The van der Waals surface area contributed by atoms with Crippen molar-refractivity contribution in [2.24, 2.45) is 0 Å². The number of fused-ring (bicyclic) bond motifs is 1. The third kappa shape index (κ3) is 2.56. The highest BCUT2D eigenvalue weighted by atomic mass is 15.0. The molecule has 2 rings (SSSR count). The number of aryl methyl sites for hydroxylation is 2. The summed E-state index contributed by atoms with van der Waals surface area (Å²) in [5.41, 5.74) is 4.42. The lowest BCUT2D eigenvalue weighted by molar-refractivity contribution is 0.530. The number of benzene rings is 1. The SMILES string of the molecule is CNCC(C)(C)Nc1ccc2c(c1)CCC2. The van der Waals surface area contributed by atoms with Gasteiger partial charge in [-0.3, -0.25) is 0 Å². The van der Waals surface area contributed by atoms with E-state index in [4.69, 9.17) is 0 Å². The maximum atomic E-state index is 3.59. The summed E-state index contributed by atoms with van der Waals surface area (Å²) in [5.74, 6) is 0. The van der Waals surface area contributed by atoms with Crippen molar-refractivity contribution >= 4 is 5.69 Å². The molecule has 0 spiro atoms. The van der Waals surface area contributed by atoms with E-state index in [1.54, 1.807) is 0 Å². The quantitative estimate of drug-likeness (QED) is 0.811. The van der Waals surface area contributed by atoms with Crippen LogP contribution in [0.1, 0.15) is 31.4 Å². The first-order chi connectivity index (χ1) is 7.61. The molecule has 2 N–H and O–H groups in total. The average Bonchev–Trinajstić information content (AvgIpc) is 2.63. The zero-order chi connectivity index (χ0) is 11.6. The van der Waals surface area contributed by atoms with E-state index in [0.717, 1.165) is 6.54 Å². The van der Waals surface area contributed by atoms with Gasteiger partial charge in [-0.15, -0.1) is 0 Å². The van der Waals surface area contributed by atoms with Gasteiger partial charge in [0.2, 0.25) is 0 Å². The molecule has 1 aromatic carbocycles. The molecule has 0 aliphatic heterocycles. The molecule has 0 aromatic heterocycles. The Hall–Kier alpha value is -1.02. The van der Waals surface area contributed by atoms with Crippen molar-refractivity contribution in [1.29, 1.82) is 0 Å². The monoisotopic (exact) mass is 218 g/mol. The fourth-order valence-corrected chi connectivity index (χ4v) is 2.53. The fraction of sp³-hybridized carbons (Fsp3) is 0.571. The zero-order valence-corrected chi connectivity index (χ0v) is 10.6. The topological polar surface area (TPSA) is 24.1 Å². The highest BCUT2D eigenvalue weighted by molar-refractivity contribution is 5.51. The molecule has 0 saturated carbocycles. The van der Waals surface area contributed by atoms with Gasteiger partial charge in [-0.2, -0.15) is 0 Å². The summed E-state index contributed by atoms with van der Waals surface area (Å²) < 4.78 is 0. The van der Waals surface area contributed by atoms with Crippen LogP contribution >= 0.6 is 0 Å². The Morgan fingerprint density at radius 1 is 1.19 bits per heavy atom. The Labute approximate surface area is 98.4 Å². The summed E-state index contributed by atoms with van der Waals surface area (Å²) in [4.78, 5) is 0. The Bertz CT molecular complexity index is 369. The summed E-state index contributed by atoms with van der Waals surface area (Å²) in [5, 5.41) is 6.80. The number of hydrogen-bond acceptors (Lipinski definition) is 2. The van der Waals surface area contributed by atoms with Crippen LogP contribution in [0.3, 0.4) is 0 Å². The summed E-state index contributed by atoms with van der Waals surface area (Å²) in [6.07, 6.45) is 3.82. The van der Waals surface area contributed by atoms with Gasteiger partial charge in [-0.1, -0.05) is 6.07 Å². The molecule has 16 heavy (non-hydrogen) atoms. The molecular formula is C14H22N2. The van der Waals surface area contributed by atoms with Crippen LogP contribution in [0.5, 0.6) is 0 Å². The molecule has 0 bridgehead atoms. The lowest BCUT2D eigenvalue weighted by atomic mass is 10.0. The third-order valence-electron chi connectivity index (χ3n) is 3.20. The van der Waals surface area contributed by atoms with Crippen LogP contribution in [0.2, 0.25) is 0 Å². The molecule has 0 saturated heterocycles. The van der Waals surface area contributed by atoms with Crippen molar-refractivity contribution in [3.8, 4) is 0 Å². The molecule has 2 heteroatoms. The van der Waals surface area contributed by atoms with Crippen LogP contribution in [0.25, 0.3) is 0 Å². The zero-order valence-electron chi connectivity index (χ0n) is 10.6. The predicted octanol–water partition coefficient (Wildman–Crippen LogP) is 2.59. The van der Waals surface area contributed by atoms with E-state index in [1.807, 2.05) is 7.05 Å². The van der Waals surface area contributed by atoms with Crippen LogP contribution in [0.4, 0.5) is 5.69 Å². The second-order valence-electron chi connectivity index (χ2n) is 5.38. The molecule has 0 amide bonds. The molecule has 0 atom stereocenters. The van der Waals surface area contributed by atoms with E-state index in [-0.39, 0.29) is 5.54 Å². The Kier molecular flexibility index (Phi) is 3.20. The van der Waals surface area contributed by atoms with Crippen LogP contribution in [0, 0.1) is 0 Å². The maximum absolute atomic E-state index is 3.59. The molecule has 1 aromatic rings. The first kappa shape index (κ1) is 11.5. The minimum absolute atomic E-state index is 0.0988. The first-order valence-corrected chi connectivity index (χ1v) is 6.15. The summed E-state index contributed by atoms with van der Waals surface area (Å²) in [6.45, 7) is 5.40. The summed E-state index contributed by atoms with van der Waals surface area (Å²) in [7, 11) is 1.99. The van der Waals surface area contributed by atoms with E-state index < -0.39 is 0 Å². The van der Waals surface area contributed by atoms with E-state index in [1.165, 1.54) is 36.1 Å². The van der Waals surface area contributed by atoms with E-state index in [2.05, 4.69) is 42.7 Å². The number of likely N-dealkylation sites (N-methyl/N-ethyl adjacent to an activating group) is 1. The number of nitrogens with one attached hydrogen (secondary N) is 2. The Morgan fingerprint density at radius 2 is 1.94 bits per heavy atom. The van der Waals surface area contributed by atoms with Gasteiger partial charge in [0.05, 0.1) is 0 Å². The molecule has 88 valence electrons. The minimum Gasteiger partial charge on any atom is -0.379 e. The van der Waals surface area contributed by atoms with Gasteiger partial charge in [0, 0.05) is 17.8 Å². The summed E-state index contributed by atoms with van der Waals surface area (Å²) >= 11 is 0. The van der Waals surface area contributed by atoms with Gasteiger partial charge in [-0.05, 0) is 63.4 Å². The van der Waals surface area contributed by atoms with Gasteiger partial charge in [0.15, 0.2) is 0 Å². The van der Waals surface area contributed by atoms with Crippen LogP contribution in [-0.2, 0) is 12.8 Å². The van der Waals surface area contributed by atoms with Crippen molar-refractivity contribution < 1.29 is 0 Å². The molecular weight excluding hydrogens is 196 g/mol. The maximum Gasteiger partial charge on any atom is 0.0441 e. The molecule has 0 fully saturated rings. The first-order valence-electron chi connectivity index (χ1n) is 6.15. The van der Waals surface area contributed by atoms with Gasteiger partial charge in [-0.25, -0.2) is 0 Å². The molecule has 0 unspecified atom stereocenters. The Balaban J connectivity index is 2.10. The van der Waals surface area contributed by atoms with Gasteiger partial charge in [0.1, 0.15) is 0 Å². The molecule has 0 radical (unpaired) electrons. The number of hydrogen-bond donors (Lipinski definition) is 2. The molecule has 0 heterocycles. The van der Waals surface area contributed by atoms with E-state index in [0.29, 0.717) is 0 Å². The highest BCUT2D eigenvalue weighted by Crippen LogP contribution is 2.26. The smallest absolute Gasteiger partial charge is 0.0441 e. The molecule has 1 aliphatic rings. The van der Waals surface area contributed by atoms with Crippen molar-refractivity contribution in [2.75, 3.05) is 18.9 Å². The average molecular weight is 218 g/mol. The second kappa shape index (κ2) is 4.46. The van der Waals surface area contributed by atoms with Crippen molar-refractivity contribution in [1.82, 2.24) is 5.32 Å². The third-order valence-corrected chi connectivity index (χ3v) is 3.20. The lowest BCUT2D eigenvalue weighted by Gasteiger charge is -2.27. The highest BCUT2D eigenvalue weighted by Gasteiger charge is 2.17. The predicted molar refractivity (Wildman–Crippen MR) is 70.1 cm³/mol. The lowest BCUT2D eigenvalue weighted by Crippen LogP contribution is -2.40. The van der Waals surface area contributed by atoms with Crippen LogP contribution in [0.15, 0.2) is 18.2 Å². The largest absolute Gasteiger partial charge is 0.379 e. The standard InChI is InChI=1S/C14H22N2/c1-14(2,10-15-3)16-13-8-7-11-5-4-6-12(11)9-13/h7-9,15-16H,4-6,10H2,1-3H3. The van der Waals surface area contributed by atoms with Gasteiger partial charge < -0.3 is 10.6 Å². The molecule has 2 nitrogen and oxygen atoms in total. The number of anilines is 1. The van der Waals surface area contributed by atoms with Crippen molar-refractivity contribution in [3.05, 3.63) is 29.3 Å². The fourth-order valence-electron chi connectivity index (χ4n) is 2.53. The normalized spacial score (nSPS) is 14.9.